The molecule has 1 rings (SSSR count). The van der Waals surface area contributed by atoms with Crippen molar-refractivity contribution in [1.82, 2.24) is 0 Å². The van der Waals surface area contributed by atoms with Crippen LogP contribution < -0.4 is 5.32 Å². The molecule has 1 atom stereocenters. The van der Waals surface area contributed by atoms with Crippen LogP contribution in [-0.2, 0) is 9.53 Å². The predicted molar refractivity (Wildman–Crippen MR) is 68.1 cm³/mol. The lowest BCUT2D eigenvalue weighted by atomic mass is 10.1. The smallest absolute Gasteiger partial charge is 0.426 e. The first kappa shape index (κ1) is 17.3. The number of methoxy groups -OCH3 is 1. The van der Waals surface area contributed by atoms with Gasteiger partial charge in [0.05, 0.1) is 23.4 Å². The van der Waals surface area contributed by atoms with Gasteiger partial charge in [-0.3, -0.25) is 4.79 Å². The standard InChI is InChI=1S/C12H11ClF3NO4/c1-11(20,12(14,15)16)10(19)17-8-5-6(9(18)21-2)3-4-7(8)13/h3-5,20H,1-2H3,(H,17,19). The first-order valence-corrected chi connectivity index (χ1v) is 5.87. The van der Waals surface area contributed by atoms with E-state index >= 15 is 0 Å². The van der Waals surface area contributed by atoms with E-state index in [2.05, 4.69) is 4.74 Å². The summed E-state index contributed by atoms with van der Waals surface area (Å²) >= 11 is 5.72. The highest BCUT2D eigenvalue weighted by atomic mass is 35.5. The lowest BCUT2D eigenvalue weighted by Gasteiger charge is -2.25. The van der Waals surface area contributed by atoms with Gasteiger partial charge in [-0.25, -0.2) is 4.79 Å². The van der Waals surface area contributed by atoms with Crippen molar-refractivity contribution in [1.29, 1.82) is 0 Å². The molecule has 0 aliphatic rings. The molecule has 0 aromatic heterocycles. The van der Waals surface area contributed by atoms with Crippen molar-refractivity contribution in [2.45, 2.75) is 18.7 Å². The van der Waals surface area contributed by atoms with Crippen LogP contribution in [-0.4, -0.2) is 35.9 Å². The number of amides is 1. The Balaban J connectivity index is 3.08. The number of anilines is 1. The first-order valence-electron chi connectivity index (χ1n) is 5.49. The summed E-state index contributed by atoms with van der Waals surface area (Å²) < 4.78 is 42.0. The van der Waals surface area contributed by atoms with Crippen LogP contribution in [0.25, 0.3) is 0 Å². The van der Waals surface area contributed by atoms with E-state index in [0.717, 1.165) is 13.2 Å². The van der Waals surface area contributed by atoms with E-state index in [1.54, 1.807) is 0 Å². The molecule has 2 N–H and O–H groups in total. The molecule has 9 heteroatoms. The van der Waals surface area contributed by atoms with Crippen LogP contribution in [0.15, 0.2) is 18.2 Å². The monoisotopic (exact) mass is 325 g/mol. The van der Waals surface area contributed by atoms with Gasteiger partial charge < -0.3 is 15.2 Å². The lowest BCUT2D eigenvalue weighted by Crippen LogP contribution is -2.52. The number of halogens is 4. The van der Waals surface area contributed by atoms with E-state index in [4.69, 9.17) is 11.6 Å². The second-order valence-electron chi connectivity index (χ2n) is 4.21. The molecule has 0 aliphatic heterocycles. The quantitative estimate of drug-likeness (QED) is 0.837. The molecular formula is C12H11ClF3NO4. The molecule has 21 heavy (non-hydrogen) atoms. The van der Waals surface area contributed by atoms with Crippen molar-refractivity contribution in [3.05, 3.63) is 28.8 Å². The number of benzene rings is 1. The fourth-order valence-electron chi connectivity index (χ4n) is 1.24. The summed E-state index contributed by atoms with van der Waals surface area (Å²) in [7, 11) is 1.11. The lowest BCUT2D eigenvalue weighted by molar-refractivity contribution is -0.242. The molecule has 5 nitrogen and oxygen atoms in total. The largest absolute Gasteiger partial charge is 0.465 e. The average Bonchev–Trinajstić information content (AvgIpc) is 2.38. The summed E-state index contributed by atoms with van der Waals surface area (Å²) in [5.41, 5.74) is -3.88. The number of rotatable bonds is 3. The van der Waals surface area contributed by atoms with Crippen LogP contribution in [0.2, 0.25) is 5.02 Å². The summed E-state index contributed by atoms with van der Waals surface area (Å²) in [6.07, 6.45) is -5.16. The summed E-state index contributed by atoms with van der Waals surface area (Å²) in [6, 6.07) is 3.51. The van der Waals surface area contributed by atoms with Crippen molar-refractivity contribution >= 4 is 29.2 Å². The third-order valence-corrected chi connectivity index (χ3v) is 2.96. The maximum atomic E-state index is 12.5. The van der Waals surface area contributed by atoms with Gasteiger partial charge in [0, 0.05) is 0 Å². The van der Waals surface area contributed by atoms with E-state index in [1.165, 1.54) is 12.1 Å². The van der Waals surface area contributed by atoms with Gasteiger partial charge in [0.1, 0.15) is 0 Å². The molecule has 0 saturated heterocycles. The van der Waals surface area contributed by atoms with Gasteiger partial charge in [0.15, 0.2) is 0 Å². The minimum Gasteiger partial charge on any atom is -0.465 e. The third-order valence-electron chi connectivity index (χ3n) is 2.63. The maximum Gasteiger partial charge on any atom is 0.426 e. The second-order valence-corrected chi connectivity index (χ2v) is 4.62. The van der Waals surface area contributed by atoms with Crippen molar-refractivity contribution < 1.29 is 32.6 Å². The number of aliphatic hydroxyl groups is 1. The van der Waals surface area contributed by atoms with Gasteiger partial charge in [0.25, 0.3) is 5.91 Å². The topological polar surface area (TPSA) is 75.6 Å². The molecule has 1 amide bonds. The van der Waals surface area contributed by atoms with E-state index in [0.29, 0.717) is 6.92 Å². The summed E-state index contributed by atoms with van der Waals surface area (Å²) in [5.74, 6) is -2.48. The molecule has 0 saturated carbocycles. The molecule has 0 radical (unpaired) electrons. The molecule has 0 bridgehead atoms. The number of hydrogen-bond donors (Lipinski definition) is 2. The molecule has 1 unspecified atom stereocenters. The SMILES string of the molecule is COC(=O)c1ccc(Cl)c(NC(=O)C(C)(O)C(F)(F)F)c1. The first-order chi connectivity index (χ1) is 9.50. The Bertz CT molecular complexity index is 572. The van der Waals surface area contributed by atoms with Crippen LogP contribution in [0.3, 0.4) is 0 Å². The number of alkyl halides is 3. The Labute approximate surface area is 122 Å². The normalized spacial score (nSPS) is 14.2. The Morgan fingerprint density at radius 3 is 2.38 bits per heavy atom. The fraction of sp³-hybridized carbons (Fsp3) is 0.333. The average molecular weight is 326 g/mol. The van der Waals surface area contributed by atoms with Crippen molar-refractivity contribution in [2.75, 3.05) is 12.4 Å². The minimum absolute atomic E-state index is 0.0242. The zero-order valence-electron chi connectivity index (χ0n) is 10.9. The van der Waals surface area contributed by atoms with Crippen LogP contribution in [0, 0.1) is 0 Å². The van der Waals surface area contributed by atoms with E-state index in [1.807, 2.05) is 5.32 Å². The van der Waals surface area contributed by atoms with Gasteiger partial charge in [-0.1, -0.05) is 11.6 Å². The molecular weight excluding hydrogens is 315 g/mol. The van der Waals surface area contributed by atoms with Crippen LogP contribution >= 0.6 is 11.6 Å². The van der Waals surface area contributed by atoms with Crippen molar-refractivity contribution in [3.8, 4) is 0 Å². The zero-order chi connectivity index (χ0) is 16.4. The van der Waals surface area contributed by atoms with Crippen molar-refractivity contribution in [2.24, 2.45) is 0 Å². The Kier molecular flexibility index (Phi) is 4.85. The zero-order valence-corrected chi connectivity index (χ0v) is 11.7. The molecule has 0 aliphatic carbocycles. The maximum absolute atomic E-state index is 12.5. The van der Waals surface area contributed by atoms with E-state index in [-0.39, 0.29) is 16.3 Å². The summed E-state index contributed by atoms with van der Waals surface area (Å²) in [4.78, 5) is 22.8. The number of hydrogen-bond acceptors (Lipinski definition) is 4. The van der Waals surface area contributed by atoms with Crippen LogP contribution in [0.4, 0.5) is 18.9 Å². The molecule has 116 valence electrons. The Morgan fingerprint density at radius 2 is 1.90 bits per heavy atom. The highest BCUT2D eigenvalue weighted by Crippen LogP contribution is 2.32. The number of carbonyl (C=O) groups excluding carboxylic acids is 2. The van der Waals surface area contributed by atoms with E-state index in [9.17, 15) is 27.9 Å². The van der Waals surface area contributed by atoms with Crippen LogP contribution in [0.1, 0.15) is 17.3 Å². The summed E-state index contributed by atoms with van der Waals surface area (Å²) in [6.45, 7) is 0.306. The molecule has 0 fully saturated rings. The fourth-order valence-corrected chi connectivity index (χ4v) is 1.40. The van der Waals surface area contributed by atoms with E-state index < -0.39 is 23.7 Å². The molecule has 0 heterocycles. The highest BCUT2D eigenvalue weighted by Gasteiger charge is 2.55. The highest BCUT2D eigenvalue weighted by molar-refractivity contribution is 6.34. The Hall–Kier alpha value is -1.80. The number of esters is 1. The number of nitrogens with one attached hydrogen (secondary N) is 1. The van der Waals surface area contributed by atoms with Gasteiger partial charge in [-0.15, -0.1) is 0 Å². The third kappa shape index (κ3) is 3.64. The van der Waals surface area contributed by atoms with Gasteiger partial charge >= 0.3 is 12.1 Å². The van der Waals surface area contributed by atoms with Gasteiger partial charge in [-0.05, 0) is 25.1 Å². The number of carbonyl (C=O) groups is 2. The van der Waals surface area contributed by atoms with Gasteiger partial charge in [-0.2, -0.15) is 13.2 Å². The summed E-state index contributed by atoms with van der Waals surface area (Å²) in [5, 5.41) is 10.9. The molecule has 1 aromatic carbocycles. The molecule has 0 spiro atoms. The minimum atomic E-state index is -5.16. The molecule has 1 aromatic rings. The van der Waals surface area contributed by atoms with Gasteiger partial charge in [0.2, 0.25) is 5.60 Å². The van der Waals surface area contributed by atoms with Crippen LogP contribution in [0.5, 0.6) is 0 Å². The van der Waals surface area contributed by atoms with Crippen molar-refractivity contribution in [3.63, 3.8) is 0 Å². The number of ether oxygens (including phenoxy) is 1. The predicted octanol–water partition coefficient (Wildman–Crippen LogP) is 2.38. The Morgan fingerprint density at radius 1 is 1.33 bits per heavy atom. The second kappa shape index (κ2) is 5.90.